The summed E-state index contributed by atoms with van der Waals surface area (Å²) in [5, 5.41) is 14.7. The van der Waals surface area contributed by atoms with Gasteiger partial charge in [-0.2, -0.15) is 0 Å². The van der Waals surface area contributed by atoms with Gasteiger partial charge in [-0.1, -0.05) is 0 Å². The second kappa shape index (κ2) is 12.2. The van der Waals surface area contributed by atoms with Crippen molar-refractivity contribution in [3.05, 3.63) is 18.1 Å². The van der Waals surface area contributed by atoms with Gasteiger partial charge >= 0.3 is 18.2 Å². The molecule has 1 aromatic heterocycles. The molecule has 2 aliphatic rings. The molecule has 0 atom stereocenters. The zero-order chi connectivity index (χ0) is 27.1. The van der Waals surface area contributed by atoms with Gasteiger partial charge in [0, 0.05) is 58.2 Å². The molecule has 0 radical (unpaired) electrons. The highest BCUT2D eigenvalue weighted by molar-refractivity contribution is 5.84. The molecular formula is C24H40N6O6. The Morgan fingerprint density at radius 1 is 1.06 bits per heavy atom. The highest BCUT2D eigenvalue weighted by Crippen LogP contribution is 2.23. The third-order valence-corrected chi connectivity index (χ3v) is 5.18. The molecule has 36 heavy (non-hydrogen) atoms. The minimum atomic E-state index is -1.09. The summed E-state index contributed by atoms with van der Waals surface area (Å²) in [6, 6.07) is 0. The molecule has 2 fully saturated rings. The van der Waals surface area contributed by atoms with Crippen LogP contribution in [0.5, 0.6) is 0 Å². The van der Waals surface area contributed by atoms with E-state index >= 15 is 0 Å². The fourth-order valence-corrected chi connectivity index (χ4v) is 3.30. The number of carbonyl (C=O) groups excluding carboxylic acids is 2. The first-order chi connectivity index (χ1) is 16.6. The molecule has 0 unspecified atom stereocenters. The van der Waals surface area contributed by atoms with Gasteiger partial charge in [-0.25, -0.2) is 24.4 Å². The number of nitrogens with zero attached hydrogens (tertiary/aromatic N) is 4. The molecule has 2 aliphatic heterocycles. The van der Waals surface area contributed by atoms with E-state index in [1.165, 1.54) is 12.4 Å². The monoisotopic (exact) mass is 508 g/mol. The standard InChI is InChI=1S/C15H22N4O4.C9H18N2O2/c1-15(2,3)23-14(22)18(4)7-10-8-19(9-10)12-6-16-11(5-17-12)13(20)21;1-9(2,3)13-8(12)11-6-7-4-10-5-7/h5-6,10H,7-9H2,1-4H3,(H,20,21);7,10H,4-6H2,1-3H3,(H,11,12). The second-order valence-electron chi connectivity index (χ2n) is 11.1. The number of anilines is 1. The fraction of sp³-hybridized carbons (Fsp3) is 0.708. The van der Waals surface area contributed by atoms with Crippen LogP contribution in [0.3, 0.4) is 0 Å². The Morgan fingerprint density at radius 2 is 1.67 bits per heavy atom. The predicted octanol–water partition coefficient (Wildman–Crippen LogP) is 2.21. The zero-order valence-corrected chi connectivity index (χ0v) is 22.3. The van der Waals surface area contributed by atoms with Gasteiger partial charge < -0.3 is 35.0 Å². The Labute approximate surface area is 212 Å². The Bertz CT molecular complexity index is 886. The molecule has 0 aromatic carbocycles. The Hall–Kier alpha value is -3.15. The third-order valence-electron chi connectivity index (χ3n) is 5.18. The lowest BCUT2D eigenvalue weighted by atomic mass is 10.00. The van der Waals surface area contributed by atoms with Gasteiger partial charge in [-0.05, 0) is 41.5 Å². The Balaban J connectivity index is 0.000000297. The quantitative estimate of drug-likeness (QED) is 0.523. The average Bonchev–Trinajstić information content (AvgIpc) is 2.67. The van der Waals surface area contributed by atoms with Crippen LogP contribution in [0.2, 0.25) is 0 Å². The molecule has 0 bridgehead atoms. The van der Waals surface area contributed by atoms with E-state index in [0.717, 1.165) is 26.2 Å². The van der Waals surface area contributed by atoms with Crippen molar-refractivity contribution in [3.8, 4) is 0 Å². The van der Waals surface area contributed by atoms with Crippen molar-refractivity contribution in [2.24, 2.45) is 11.8 Å². The fourth-order valence-electron chi connectivity index (χ4n) is 3.30. The summed E-state index contributed by atoms with van der Waals surface area (Å²) < 4.78 is 10.4. The summed E-state index contributed by atoms with van der Waals surface area (Å²) in [7, 11) is 1.72. The minimum Gasteiger partial charge on any atom is -0.476 e. The largest absolute Gasteiger partial charge is 0.476 e. The number of carboxylic acid groups (broad SMARTS) is 1. The lowest BCUT2D eigenvalue weighted by molar-refractivity contribution is 0.0264. The zero-order valence-electron chi connectivity index (χ0n) is 22.3. The SMILES string of the molecule is CC(C)(C)OC(=O)NCC1CNC1.CN(CC1CN(c2cnc(C(=O)O)cn2)C1)C(=O)OC(C)(C)C. The number of hydrogen-bond acceptors (Lipinski definition) is 9. The van der Waals surface area contributed by atoms with Crippen LogP contribution in [0, 0.1) is 11.8 Å². The maximum Gasteiger partial charge on any atom is 0.410 e. The summed E-state index contributed by atoms with van der Waals surface area (Å²) in [6.45, 7) is 15.9. The number of alkyl carbamates (subject to hydrolysis) is 1. The van der Waals surface area contributed by atoms with E-state index in [0.29, 0.717) is 30.7 Å². The molecule has 12 heteroatoms. The van der Waals surface area contributed by atoms with E-state index in [1.807, 2.05) is 46.4 Å². The van der Waals surface area contributed by atoms with Crippen LogP contribution in [0.15, 0.2) is 12.4 Å². The second-order valence-corrected chi connectivity index (χ2v) is 11.1. The van der Waals surface area contributed by atoms with E-state index in [1.54, 1.807) is 11.9 Å². The summed E-state index contributed by atoms with van der Waals surface area (Å²) in [6.07, 6.45) is 2.05. The summed E-state index contributed by atoms with van der Waals surface area (Å²) >= 11 is 0. The van der Waals surface area contributed by atoms with Crippen LogP contribution < -0.4 is 15.5 Å². The van der Waals surface area contributed by atoms with Gasteiger partial charge in [0.05, 0.1) is 12.4 Å². The minimum absolute atomic E-state index is 0.0736. The van der Waals surface area contributed by atoms with E-state index in [2.05, 4.69) is 20.6 Å². The van der Waals surface area contributed by atoms with Crippen molar-refractivity contribution < 1.29 is 29.0 Å². The van der Waals surface area contributed by atoms with E-state index in [9.17, 15) is 14.4 Å². The van der Waals surface area contributed by atoms with Crippen molar-refractivity contribution in [2.75, 3.05) is 51.2 Å². The topological polar surface area (TPSA) is 146 Å². The molecule has 202 valence electrons. The number of rotatable bonds is 6. The van der Waals surface area contributed by atoms with Crippen LogP contribution >= 0.6 is 0 Å². The third kappa shape index (κ3) is 10.2. The van der Waals surface area contributed by atoms with Crippen LogP contribution in [0.25, 0.3) is 0 Å². The normalized spacial score (nSPS) is 16.0. The number of hydrogen-bond donors (Lipinski definition) is 3. The van der Waals surface area contributed by atoms with Crippen LogP contribution in [0.4, 0.5) is 15.4 Å². The molecule has 0 aliphatic carbocycles. The van der Waals surface area contributed by atoms with Crippen molar-refractivity contribution >= 4 is 24.0 Å². The Morgan fingerprint density at radius 3 is 2.11 bits per heavy atom. The Kier molecular flexibility index (Phi) is 9.85. The first-order valence-corrected chi connectivity index (χ1v) is 12.0. The molecule has 3 heterocycles. The number of ether oxygens (including phenoxy) is 2. The van der Waals surface area contributed by atoms with E-state index < -0.39 is 17.2 Å². The molecular weight excluding hydrogens is 468 g/mol. The van der Waals surface area contributed by atoms with Crippen molar-refractivity contribution in [3.63, 3.8) is 0 Å². The maximum absolute atomic E-state index is 11.9. The highest BCUT2D eigenvalue weighted by Gasteiger charge is 2.31. The first-order valence-electron chi connectivity index (χ1n) is 12.0. The molecule has 3 N–H and O–H groups in total. The van der Waals surface area contributed by atoms with Gasteiger partial charge in [0.25, 0.3) is 0 Å². The molecule has 2 amide bonds. The summed E-state index contributed by atoms with van der Waals surface area (Å²) in [4.78, 5) is 45.3. The molecule has 2 saturated heterocycles. The lowest BCUT2D eigenvalue weighted by Gasteiger charge is -2.41. The molecule has 12 nitrogen and oxygen atoms in total. The van der Waals surface area contributed by atoms with Crippen LogP contribution in [0.1, 0.15) is 52.0 Å². The number of amides is 2. The molecule has 3 rings (SSSR count). The average molecular weight is 509 g/mol. The molecule has 0 spiro atoms. The molecule has 1 aromatic rings. The van der Waals surface area contributed by atoms with Gasteiger partial charge in [0.15, 0.2) is 5.69 Å². The number of nitrogens with one attached hydrogen (secondary N) is 2. The summed E-state index contributed by atoms with van der Waals surface area (Å²) in [5.41, 5.74) is -0.976. The molecule has 0 saturated carbocycles. The van der Waals surface area contributed by atoms with Gasteiger partial charge in [-0.15, -0.1) is 0 Å². The highest BCUT2D eigenvalue weighted by atomic mass is 16.6. The smallest absolute Gasteiger partial charge is 0.410 e. The maximum atomic E-state index is 11.9. The van der Waals surface area contributed by atoms with Gasteiger partial charge in [0.1, 0.15) is 17.0 Å². The van der Waals surface area contributed by atoms with Crippen molar-refractivity contribution in [2.45, 2.75) is 52.7 Å². The number of aromatic nitrogens is 2. The van der Waals surface area contributed by atoms with Crippen LogP contribution in [-0.4, -0.2) is 95.6 Å². The van der Waals surface area contributed by atoms with Crippen molar-refractivity contribution in [1.29, 1.82) is 0 Å². The number of carboxylic acids is 1. The number of carbonyl (C=O) groups is 3. The predicted molar refractivity (Wildman–Crippen MR) is 134 cm³/mol. The van der Waals surface area contributed by atoms with E-state index in [-0.39, 0.29) is 17.9 Å². The van der Waals surface area contributed by atoms with Gasteiger partial charge in [-0.3, -0.25) is 0 Å². The van der Waals surface area contributed by atoms with E-state index in [4.69, 9.17) is 14.6 Å². The van der Waals surface area contributed by atoms with Gasteiger partial charge in [0.2, 0.25) is 0 Å². The number of aromatic carboxylic acids is 1. The first kappa shape index (κ1) is 29.1. The summed E-state index contributed by atoms with van der Waals surface area (Å²) in [5.74, 6) is 0.455. The van der Waals surface area contributed by atoms with Crippen molar-refractivity contribution in [1.82, 2.24) is 25.5 Å². The lowest BCUT2D eigenvalue weighted by Crippen LogP contribution is -2.52. The van der Waals surface area contributed by atoms with Crippen LogP contribution in [-0.2, 0) is 9.47 Å².